The van der Waals surface area contributed by atoms with Crippen molar-refractivity contribution < 1.29 is 33.8 Å². The number of rotatable bonds is 8. The lowest BCUT2D eigenvalue weighted by atomic mass is 10.1. The second-order valence-electron chi connectivity index (χ2n) is 6.92. The third-order valence-electron chi connectivity index (χ3n) is 4.56. The van der Waals surface area contributed by atoms with Crippen LogP contribution in [0.1, 0.15) is 20.7 Å². The van der Waals surface area contributed by atoms with Crippen LogP contribution in [0.5, 0.6) is 0 Å². The molecule has 0 aliphatic heterocycles. The summed E-state index contributed by atoms with van der Waals surface area (Å²) >= 11 is 14.0. The number of carbonyl (C=O) groups is 4. The van der Waals surface area contributed by atoms with Crippen molar-refractivity contribution in [3.05, 3.63) is 97.5 Å². The molecule has 1 amide bonds. The summed E-state index contributed by atoms with van der Waals surface area (Å²) in [5.74, 6) is -4.96. The number of amides is 1. The van der Waals surface area contributed by atoms with E-state index in [1.807, 2.05) is 22.6 Å². The monoisotopic (exact) mass is 627 g/mol. The highest BCUT2D eigenvalue weighted by molar-refractivity contribution is 14.1. The van der Waals surface area contributed by atoms with Crippen LogP contribution in [0.4, 0.5) is 5.69 Å². The molecule has 0 saturated heterocycles. The minimum Gasteiger partial charge on any atom is -0.478 e. The molecule has 0 aliphatic rings. The normalized spacial score (nSPS) is 12.2. The van der Waals surface area contributed by atoms with Gasteiger partial charge in [0.05, 0.1) is 26.9 Å². The number of carbonyl (C=O) groups excluding carboxylic acids is 3. The van der Waals surface area contributed by atoms with Crippen molar-refractivity contribution >= 4 is 75.3 Å². The molecule has 35 heavy (non-hydrogen) atoms. The summed E-state index contributed by atoms with van der Waals surface area (Å²) in [6.45, 7) is 0. The number of nitrogens with one attached hydrogen (secondary N) is 1. The van der Waals surface area contributed by atoms with E-state index < -0.39 is 36.0 Å². The highest BCUT2D eigenvalue weighted by atomic mass is 127. The standard InChI is InChI=1S/C24H16Cl2INO7/c25-15-9-3-1-7-13(15)23(32)34-19(21(29)28-18-12-6-5-11-17(18)27)20(22(30)31)35-24(33)14-8-2-4-10-16(14)26/h1-12,19-20H,(H,28,29)(H,30,31)/t19-,20-/m1/s1. The predicted octanol–water partition coefficient (Wildman–Crippen LogP) is 5.07. The average Bonchev–Trinajstić information content (AvgIpc) is 2.82. The summed E-state index contributed by atoms with van der Waals surface area (Å²) in [6, 6.07) is 18.3. The van der Waals surface area contributed by atoms with Gasteiger partial charge in [-0.2, -0.15) is 0 Å². The van der Waals surface area contributed by atoms with Crippen molar-refractivity contribution in [2.24, 2.45) is 0 Å². The number of aliphatic carboxylic acids is 1. The summed E-state index contributed by atoms with van der Waals surface area (Å²) < 4.78 is 11.0. The molecule has 3 aromatic rings. The van der Waals surface area contributed by atoms with Crippen molar-refractivity contribution in [1.82, 2.24) is 0 Å². The number of hydrogen-bond acceptors (Lipinski definition) is 6. The van der Waals surface area contributed by atoms with Gasteiger partial charge in [0.2, 0.25) is 12.2 Å². The highest BCUT2D eigenvalue weighted by Gasteiger charge is 2.41. The van der Waals surface area contributed by atoms with Gasteiger partial charge in [-0.15, -0.1) is 0 Å². The Labute approximate surface area is 223 Å². The average molecular weight is 628 g/mol. The lowest BCUT2D eigenvalue weighted by Gasteiger charge is -2.24. The Hall–Kier alpha value is -3.15. The molecule has 8 nitrogen and oxygen atoms in total. The number of hydrogen-bond donors (Lipinski definition) is 2. The quantitative estimate of drug-likeness (QED) is 0.264. The smallest absolute Gasteiger partial charge is 0.349 e. The Balaban J connectivity index is 1.95. The first-order valence-electron chi connectivity index (χ1n) is 9.88. The van der Waals surface area contributed by atoms with Gasteiger partial charge in [-0.05, 0) is 59.0 Å². The first kappa shape index (κ1) is 26.5. The first-order valence-corrected chi connectivity index (χ1v) is 11.7. The Morgan fingerprint density at radius 1 is 0.743 bits per heavy atom. The number of anilines is 1. The van der Waals surface area contributed by atoms with Crippen LogP contribution in [0.3, 0.4) is 0 Å². The van der Waals surface area contributed by atoms with E-state index in [9.17, 15) is 24.3 Å². The van der Waals surface area contributed by atoms with Crippen molar-refractivity contribution in [1.29, 1.82) is 0 Å². The van der Waals surface area contributed by atoms with Gasteiger partial charge >= 0.3 is 17.9 Å². The second kappa shape index (κ2) is 12.0. The Kier molecular flexibility index (Phi) is 9.07. The summed E-state index contributed by atoms with van der Waals surface area (Å²) in [6.07, 6.45) is -4.27. The maximum Gasteiger partial charge on any atom is 0.349 e. The molecule has 2 N–H and O–H groups in total. The molecule has 0 spiro atoms. The van der Waals surface area contributed by atoms with E-state index in [1.54, 1.807) is 36.4 Å². The van der Waals surface area contributed by atoms with Gasteiger partial charge in [0.1, 0.15) is 0 Å². The molecular weight excluding hydrogens is 612 g/mol. The highest BCUT2D eigenvalue weighted by Crippen LogP contribution is 2.23. The third-order valence-corrected chi connectivity index (χ3v) is 6.16. The largest absolute Gasteiger partial charge is 0.478 e. The number of carboxylic acids is 1. The molecule has 0 saturated carbocycles. The molecule has 0 fully saturated rings. The zero-order valence-electron chi connectivity index (χ0n) is 17.6. The first-order chi connectivity index (χ1) is 16.7. The van der Waals surface area contributed by atoms with Gasteiger partial charge in [0.25, 0.3) is 5.91 Å². The number of carboxylic acid groups (broad SMARTS) is 1. The predicted molar refractivity (Wildman–Crippen MR) is 137 cm³/mol. The molecule has 0 bridgehead atoms. The number of esters is 2. The van der Waals surface area contributed by atoms with Crippen molar-refractivity contribution in [2.75, 3.05) is 5.32 Å². The van der Waals surface area contributed by atoms with Gasteiger partial charge in [0.15, 0.2) is 0 Å². The van der Waals surface area contributed by atoms with Gasteiger partial charge in [0, 0.05) is 3.57 Å². The molecule has 11 heteroatoms. The van der Waals surface area contributed by atoms with E-state index in [1.165, 1.54) is 36.4 Å². The fraction of sp³-hybridized carbons (Fsp3) is 0.0833. The summed E-state index contributed by atoms with van der Waals surface area (Å²) in [5.41, 5.74) is 0.0934. The number of benzene rings is 3. The third kappa shape index (κ3) is 6.71. The molecule has 0 aromatic heterocycles. The van der Waals surface area contributed by atoms with Crippen LogP contribution in [0.15, 0.2) is 72.8 Å². The fourth-order valence-corrected chi connectivity index (χ4v) is 3.82. The molecule has 0 radical (unpaired) electrons. The molecule has 180 valence electrons. The SMILES string of the molecule is O=C(O[C@@H](C(=O)O)[C@@H](OC(=O)c1ccccc1Cl)C(=O)Nc1ccccc1I)c1ccccc1Cl. The van der Waals surface area contributed by atoms with Crippen LogP contribution in [-0.2, 0) is 19.1 Å². The van der Waals surface area contributed by atoms with Crippen LogP contribution in [0, 0.1) is 3.57 Å². The zero-order valence-corrected chi connectivity index (χ0v) is 21.3. The van der Waals surface area contributed by atoms with Crippen LogP contribution < -0.4 is 5.32 Å². The minimum absolute atomic E-state index is 0.00883. The van der Waals surface area contributed by atoms with E-state index >= 15 is 0 Å². The van der Waals surface area contributed by atoms with E-state index in [4.69, 9.17) is 32.7 Å². The van der Waals surface area contributed by atoms with Gasteiger partial charge < -0.3 is 19.9 Å². The van der Waals surface area contributed by atoms with E-state index in [-0.39, 0.29) is 21.2 Å². The van der Waals surface area contributed by atoms with Crippen molar-refractivity contribution in [2.45, 2.75) is 12.2 Å². The molecule has 3 rings (SSSR count). The number of para-hydroxylation sites is 1. The van der Waals surface area contributed by atoms with E-state index in [2.05, 4.69) is 5.32 Å². The Bertz CT molecular complexity index is 1280. The van der Waals surface area contributed by atoms with Crippen molar-refractivity contribution in [3.8, 4) is 0 Å². The molecule has 0 unspecified atom stereocenters. The summed E-state index contributed by atoms with van der Waals surface area (Å²) in [4.78, 5) is 50.7. The lowest BCUT2D eigenvalue weighted by Crippen LogP contribution is -2.48. The fourth-order valence-electron chi connectivity index (χ4n) is 2.87. The molecule has 0 aliphatic carbocycles. The maximum atomic E-state index is 13.1. The van der Waals surface area contributed by atoms with Crippen LogP contribution >= 0.6 is 45.8 Å². The summed E-state index contributed by atoms with van der Waals surface area (Å²) in [5, 5.41) is 12.3. The molecular formula is C24H16Cl2INO7. The van der Waals surface area contributed by atoms with Crippen molar-refractivity contribution in [3.63, 3.8) is 0 Å². The van der Waals surface area contributed by atoms with Gasteiger partial charge in [-0.25, -0.2) is 14.4 Å². The maximum absolute atomic E-state index is 13.1. The second-order valence-corrected chi connectivity index (χ2v) is 8.90. The zero-order chi connectivity index (χ0) is 25.5. The number of ether oxygens (including phenoxy) is 2. The minimum atomic E-state index is -2.20. The Morgan fingerprint density at radius 3 is 1.69 bits per heavy atom. The summed E-state index contributed by atoms with van der Waals surface area (Å²) in [7, 11) is 0. The molecule has 2 atom stereocenters. The molecule has 0 heterocycles. The van der Waals surface area contributed by atoms with Crippen LogP contribution in [0.25, 0.3) is 0 Å². The molecule has 3 aromatic carbocycles. The van der Waals surface area contributed by atoms with Gasteiger partial charge in [-0.3, -0.25) is 4.79 Å². The topological polar surface area (TPSA) is 119 Å². The van der Waals surface area contributed by atoms with E-state index in [0.717, 1.165) is 0 Å². The van der Waals surface area contributed by atoms with Gasteiger partial charge in [-0.1, -0.05) is 59.6 Å². The lowest BCUT2D eigenvalue weighted by molar-refractivity contribution is -0.157. The Morgan fingerprint density at radius 2 is 1.20 bits per heavy atom. The number of halogens is 3. The van der Waals surface area contributed by atoms with E-state index in [0.29, 0.717) is 9.26 Å². The van der Waals surface area contributed by atoms with Crippen LogP contribution in [-0.4, -0.2) is 41.1 Å². The van der Waals surface area contributed by atoms with Crippen LogP contribution in [0.2, 0.25) is 10.0 Å².